The number of H-pyrrole nitrogens is 1. The SMILES string of the molecule is CN[C@@H](C)[C@H](O)c1ccccc1.Cn1c(=O)c2[nH]cnc2n(C)c1=O.OCCOCCN1CCN(C(c2ccccc2)c2ccc(Cl)cc2)CC1. The Morgan fingerprint density at radius 2 is 1.45 bits per heavy atom. The van der Waals surface area contributed by atoms with Crippen molar-refractivity contribution in [3.8, 4) is 0 Å². The minimum absolute atomic E-state index is 0.0902. The lowest BCUT2D eigenvalue weighted by Gasteiger charge is -2.39. The molecule has 5 aromatic rings. The Balaban J connectivity index is 0.000000194. The van der Waals surface area contributed by atoms with Crippen molar-refractivity contribution in [2.24, 2.45) is 14.1 Å². The van der Waals surface area contributed by atoms with Gasteiger partial charge in [0.25, 0.3) is 5.56 Å². The van der Waals surface area contributed by atoms with Gasteiger partial charge in [-0.2, -0.15) is 0 Å². The second-order valence-corrected chi connectivity index (χ2v) is 12.8. The molecule has 2 aromatic heterocycles. The number of likely N-dealkylation sites (N-methyl/N-ethyl adjacent to an activating group) is 1. The number of aryl methyl sites for hydroxylation is 1. The van der Waals surface area contributed by atoms with E-state index in [4.69, 9.17) is 21.4 Å². The van der Waals surface area contributed by atoms with E-state index in [2.05, 4.69) is 67.5 Å². The van der Waals surface area contributed by atoms with Crippen LogP contribution >= 0.6 is 11.6 Å². The van der Waals surface area contributed by atoms with Crippen LogP contribution in [0.25, 0.3) is 11.2 Å². The first-order chi connectivity index (χ1) is 24.7. The molecule has 6 rings (SSSR count). The number of nitrogens with zero attached hydrogens (tertiary/aromatic N) is 5. The van der Waals surface area contributed by atoms with Crippen LogP contribution in [0.1, 0.15) is 35.8 Å². The average molecular weight is 720 g/mol. The van der Waals surface area contributed by atoms with E-state index < -0.39 is 6.10 Å². The quantitative estimate of drug-likeness (QED) is 0.151. The number of piperazine rings is 1. The molecule has 0 saturated carbocycles. The summed E-state index contributed by atoms with van der Waals surface area (Å²) in [5.74, 6) is 0. The van der Waals surface area contributed by atoms with Gasteiger partial charge in [-0.05, 0) is 42.8 Å². The molecule has 12 nitrogen and oxygen atoms in total. The molecule has 0 spiro atoms. The summed E-state index contributed by atoms with van der Waals surface area (Å²) < 4.78 is 7.76. The van der Waals surface area contributed by atoms with Gasteiger partial charge in [-0.15, -0.1) is 0 Å². The van der Waals surface area contributed by atoms with Crippen molar-refractivity contribution < 1.29 is 14.9 Å². The summed E-state index contributed by atoms with van der Waals surface area (Å²) in [5, 5.41) is 22.3. The smallest absolute Gasteiger partial charge is 0.332 e. The second kappa shape index (κ2) is 20.0. The predicted octanol–water partition coefficient (Wildman–Crippen LogP) is 3.34. The summed E-state index contributed by atoms with van der Waals surface area (Å²) in [6, 6.07) is 28.9. The first-order valence-corrected chi connectivity index (χ1v) is 17.5. The molecule has 4 N–H and O–H groups in total. The predicted molar refractivity (Wildman–Crippen MR) is 202 cm³/mol. The van der Waals surface area contributed by atoms with E-state index in [9.17, 15) is 14.7 Å². The molecular formula is C38H50ClN7O5. The monoisotopic (exact) mass is 719 g/mol. The number of hydrogen-bond acceptors (Lipinski definition) is 9. The van der Waals surface area contributed by atoms with Gasteiger partial charge in [-0.3, -0.25) is 23.7 Å². The molecule has 1 aliphatic heterocycles. The van der Waals surface area contributed by atoms with E-state index in [1.165, 1.54) is 29.1 Å². The van der Waals surface area contributed by atoms with Gasteiger partial charge in [0, 0.05) is 57.9 Å². The van der Waals surface area contributed by atoms with Crippen molar-refractivity contribution in [1.82, 2.24) is 34.2 Å². The van der Waals surface area contributed by atoms with E-state index in [1.807, 2.05) is 56.4 Å². The van der Waals surface area contributed by atoms with E-state index in [0.717, 1.165) is 47.9 Å². The molecule has 3 atom stereocenters. The molecule has 1 saturated heterocycles. The van der Waals surface area contributed by atoms with Crippen molar-refractivity contribution in [2.45, 2.75) is 25.1 Å². The third-order valence-corrected chi connectivity index (χ3v) is 9.21. The van der Waals surface area contributed by atoms with Crippen LogP contribution in [-0.4, -0.2) is 105 Å². The molecule has 3 heterocycles. The van der Waals surface area contributed by atoms with Crippen molar-refractivity contribution in [2.75, 3.05) is 59.6 Å². The number of nitrogens with one attached hydrogen (secondary N) is 2. The molecule has 274 valence electrons. The molecule has 0 bridgehead atoms. The molecule has 1 fully saturated rings. The summed E-state index contributed by atoms with van der Waals surface area (Å²) in [7, 11) is 4.85. The molecule has 13 heteroatoms. The van der Waals surface area contributed by atoms with Crippen LogP contribution in [0.2, 0.25) is 5.02 Å². The molecule has 1 aliphatic rings. The van der Waals surface area contributed by atoms with E-state index in [0.29, 0.717) is 24.4 Å². The summed E-state index contributed by atoms with van der Waals surface area (Å²) in [6.45, 7) is 8.16. The van der Waals surface area contributed by atoms with Crippen LogP contribution in [0.5, 0.6) is 0 Å². The molecule has 3 aromatic carbocycles. The van der Waals surface area contributed by atoms with E-state index >= 15 is 0 Å². The number of rotatable bonds is 11. The average Bonchev–Trinajstić information content (AvgIpc) is 3.68. The third-order valence-electron chi connectivity index (χ3n) is 8.96. The Morgan fingerprint density at radius 1 is 0.863 bits per heavy atom. The number of hydrogen-bond donors (Lipinski definition) is 4. The Hall–Kier alpha value is -4.14. The molecule has 0 radical (unpaired) electrons. The van der Waals surface area contributed by atoms with Crippen LogP contribution in [0.4, 0.5) is 0 Å². The van der Waals surface area contributed by atoms with Crippen LogP contribution < -0.4 is 16.6 Å². The minimum atomic E-state index is -0.420. The molecule has 0 amide bonds. The van der Waals surface area contributed by atoms with Crippen molar-refractivity contribution >= 4 is 22.8 Å². The zero-order chi connectivity index (χ0) is 36.8. The van der Waals surface area contributed by atoms with Gasteiger partial charge in [-0.1, -0.05) is 84.4 Å². The lowest BCUT2D eigenvalue weighted by Crippen LogP contribution is -2.48. The number of aliphatic hydroxyl groups excluding tert-OH is 2. The van der Waals surface area contributed by atoms with E-state index in [-0.39, 0.29) is 29.9 Å². The Labute approximate surface area is 303 Å². The van der Waals surface area contributed by atoms with Gasteiger partial charge in [-0.25, -0.2) is 9.78 Å². The van der Waals surface area contributed by atoms with Crippen LogP contribution in [-0.2, 0) is 18.8 Å². The van der Waals surface area contributed by atoms with Gasteiger partial charge in [0.1, 0.15) is 5.52 Å². The van der Waals surface area contributed by atoms with Crippen molar-refractivity contribution in [3.63, 3.8) is 0 Å². The van der Waals surface area contributed by atoms with Gasteiger partial charge >= 0.3 is 5.69 Å². The highest BCUT2D eigenvalue weighted by Crippen LogP contribution is 2.30. The first-order valence-electron chi connectivity index (χ1n) is 17.1. The summed E-state index contributed by atoms with van der Waals surface area (Å²) in [6.07, 6.45) is 0.974. The lowest BCUT2D eigenvalue weighted by molar-refractivity contribution is 0.0522. The van der Waals surface area contributed by atoms with Crippen LogP contribution in [0.15, 0.2) is 101 Å². The summed E-state index contributed by atoms with van der Waals surface area (Å²) in [5.41, 5.74) is 3.56. The number of fused-ring (bicyclic) bond motifs is 1. The van der Waals surface area contributed by atoms with Gasteiger partial charge in [0.05, 0.1) is 38.3 Å². The van der Waals surface area contributed by atoms with Gasteiger partial charge < -0.3 is 25.3 Å². The fourth-order valence-corrected chi connectivity index (χ4v) is 5.99. The summed E-state index contributed by atoms with van der Waals surface area (Å²) in [4.78, 5) is 34.4. The van der Waals surface area contributed by atoms with Gasteiger partial charge in [0.15, 0.2) is 5.65 Å². The topological polar surface area (TPSA) is 141 Å². The number of aromatic amines is 1. The molecule has 51 heavy (non-hydrogen) atoms. The largest absolute Gasteiger partial charge is 0.394 e. The zero-order valence-corrected chi connectivity index (χ0v) is 30.5. The maximum Gasteiger partial charge on any atom is 0.332 e. The Morgan fingerprint density at radius 3 is 2.04 bits per heavy atom. The number of halogens is 1. The first kappa shape index (κ1) is 39.6. The maximum absolute atomic E-state index is 11.4. The third kappa shape index (κ3) is 10.9. The standard InChI is InChI=1S/C21H27ClN2O2.C10H15NO.C7H8N4O2/c22-20-8-6-19(7-9-20)21(18-4-2-1-3-5-18)24-12-10-23(11-13-24)14-16-26-17-15-25;1-8(11-2)10(12)9-6-4-3-5-7-9;1-10-5-4(8-3-9-5)6(12)11(2)7(10)13/h1-9,21,25H,10-17H2;3-8,10-12H,1-2H3;3H,1-2H3,(H,8,9)/t;8-,10-;/m.0./s1. The Bertz CT molecular complexity index is 1860. The van der Waals surface area contributed by atoms with Gasteiger partial charge in [0.2, 0.25) is 0 Å². The number of ether oxygens (including phenoxy) is 1. The molecular weight excluding hydrogens is 670 g/mol. The minimum Gasteiger partial charge on any atom is -0.394 e. The normalized spacial score (nSPS) is 15.3. The molecule has 0 aliphatic carbocycles. The van der Waals surface area contributed by atoms with Crippen LogP contribution in [0.3, 0.4) is 0 Å². The lowest BCUT2D eigenvalue weighted by atomic mass is 9.96. The van der Waals surface area contributed by atoms with E-state index in [1.54, 1.807) is 7.05 Å². The second-order valence-electron chi connectivity index (χ2n) is 12.3. The highest BCUT2D eigenvalue weighted by molar-refractivity contribution is 6.30. The zero-order valence-electron chi connectivity index (χ0n) is 29.8. The maximum atomic E-state index is 11.4. The highest BCUT2D eigenvalue weighted by atomic mass is 35.5. The molecule has 1 unspecified atom stereocenters. The number of aromatic nitrogens is 4. The van der Waals surface area contributed by atoms with Crippen molar-refractivity contribution in [1.29, 1.82) is 0 Å². The van der Waals surface area contributed by atoms with Crippen LogP contribution in [0, 0.1) is 0 Å². The fourth-order valence-electron chi connectivity index (χ4n) is 5.87. The summed E-state index contributed by atoms with van der Waals surface area (Å²) >= 11 is 6.09. The fraction of sp³-hybridized carbons (Fsp3) is 0.395. The Kier molecular flexibility index (Phi) is 15.6. The number of imidazole rings is 1. The number of aliphatic hydroxyl groups is 2. The highest BCUT2D eigenvalue weighted by Gasteiger charge is 2.26. The number of benzene rings is 3. The van der Waals surface area contributed by atoms with Crippen molar-refractivity contribution in [3.05, 3.63) is 134 Å².